The van der Waals surface area contributed by atoms with Gasteiger partial charge in [0.2, 0.25) is 0 Å². The summed E-state index contributed by atoms with van der Waals surface area (Å²) in [6.45, 7) is 5.98. The van der Waals surface area contributed by atoms with Gasteiger partial charge >= 0.3 is 5.97 Å². The molecule has 1 rings (SSSR count). The molecule has 0 spiro atoms. The maximum absolute atomic E-state index is 13.2. The Kier molecular flexibility index (Phi) is 6.27. The number of carboxylic acids is 1. The lowest BCUT2D eigenvalue weighted by Crippen LogP contribution is -2.42. The molecule has 0 amide bonds. The van der Waals surface area contributed by atoms with E-state index in [9.17, 15) is 18.7 Å². The predicted molar refractivity (Wildman–Crippen MR) is 78.4 cm³/mol. The lowest BCUT2D eigenvalue weighted by atomic mass is 9.88. The molecule has 2 atom stereocenters. The third-order valence-corrected chi connectivity index (χ3v) is 3.27. The van der Waals surface area contributed by atoms with Gasteiger partial charge in [-0.3, -0.25) is 10.1 Å². The molecule has 0 radical (unpaired) electrons. The highest BCUT2D eigenvalue weighted by molar-refractivity contribution is 5.73. The van der Waals surface area contributed by atoms with E-state index < -0.39 is 24.5 Å². The molecule has 0 aromatic heterocycles. The average Bonchev–Trinajstić information content (AvgIpc) is 2.37. The van der Waals surface area contributed by atoms with Crippen LogP contribution < -0.4 is 5.32 Å². The molecular formula is C16H23F2NO2. The number of alkyl halides is 2. The molecule has 5 heteroatoms. The summed E-state index contributed by atoms with van der Waals surface area (Å²) < 4.78 is 26.5. The third-order valence-electron chi connectivity index (χ3n) is 3.27. The second kappa shape index (κ2) is 7.50. The molecule has 0 heterocycles. The Balaban J connectivity index is 2.81. The number of benzene rings is 1. The van der Waals surface area contributed by atoms with Crippen LogP contribution in [0.5, 0.6) is 0 Å². The van der Waals surface area contributed by atoms with Crippen molar-refractivity contribution in [2.45, 2.75) is 52.1 Å². The lowest BCUT2D eigenvalue weighted by Gasteiger charge is -2.26. The largest absolute Gasteiger partial charge is 0.480 e. The quantitative estimate of drug-likeness (QED) is 0.803. The fourth-order valence-corrected chi connectivity index (χ4v) is 2.05. The summed E-state index contributed by atoms with van der Waals surface area (Å²) in [7, 11) is 0. The molecule has 0 saturated carbocycles. The molecule has 3 nitrogen and oxygen atoms in total. The highest BCUT2D eigenvalue weighted by Crippen LogP contribution is 2.25. The van der Waals surface area contributed by atoms with Crippen LogP contribution in [-0.2, 0) is 4.79 Å². The first-order valence-electron chi connectivity index (χ1n) is 7.02. The summed E-state index contributed by atoms with van der Waals surface area (Å²) in [5.41, 5.74) is 0.358. The minimum absolute atomic E-state index is 0.0392. The Labute approximate surface area is 124 Å². The zero-order valence-electron chi connectivity index (χ0n) is 12.6. The van der Waals surface area contributed by atoms with Crippen LogP contribution in [0.2, 0.25) is 0 Å². The number of halogens is 2. The first-order valence-corrected chi connectivity index (χ1v) is 7.02. The second-order valence-corrected chi connectivity index (χ2v) is 6.38. The molecule has 0 aliphatic carbocycles. The topological polar surface area (TPSA) is 49.3 Å². The van der Waals surface area contributed by atoms with Gasteiger partial charge in [0.1, 0.15) is 6.04 Å². The summed E-state index contributed by atoms with van der Waals surface area (Å²) >= 11 is 0. The Morgan fingerprint density at radius 1 is 1.24 bits per heavy atom. The fraction of sp³-hybridized carbons (Fsp3) is 0.562. The Hall–Kier alpha value is -1.49. The van der Waals surface area contributed by atoms with Crippen molar-refractivity contribution in [1.29, 1.82) is 0 Å². The van der Waals surface area contributed by atoms with Gasteiger partial charge in [-0.1, -0.05) is 51.1 Å². The molecule has 0 aliphatic heterocycles. The maximum Gasteiger partial charge on any atom is 0.320 e. The summed E-state index contributed by atoms with van der Waals surface area (Å²) in [5, 5.41) is 11.8. The van der Waals surface area contributed by atoms with E-state index in [1.165, 1.54) is 0 Å². The molecule has 118 valence electrons. The van der Waals surface area contributed by atoms with Crippen LogP contribution in [0.4, 0.5) is 8.78 Å². The van der Waals surface area contributed by atoms with Crippen LogP contribution in [0.3, 0.4) is 0 Å². The second-order valence-electron chi connectivity index (χ2n) is 6.38. The van der Waals surface area contributed by atoms with E-state index in [1.807, 2.05) is 20.8 Å². The van der Waals surface area contributed by atoms with E-state index in [1.54, 1.807) is 30.3 Å². The molecule has 1 aromatic rings. The molecule has 1 aromatic carbocycles. The van der Waals surface area contributed by atoms with E-state index in [2.05, 4.69) is 5.32 Å². The summed E-state index contributed by atoms with van der Waals surface area (Å²) in [6.07, 6.45) is -1.71. The fourth-order valence-electron chi connectivity index (χ4n) is 2.05. The molecule has 0 bridgehead atoms. The van der Waals surface area contributed by atoms with Gasteiger partial charge in [0, 0.05) is 0 Å². The minimum atomic E-state index is -2.66. The van der Waals surface area contributed by atoms with Gasteiger partial charge in [-0.05, 0) is 23.8 Å². The van der Waals surface area contributed by atoms with Gasteiger partial charge in [0.05, 0.1) is 6.04 Å². The van der Waals surface area contributed by atoms with Gasteiger partial charge < -0.3 is 5.11 Å². The third kappa shape index (κ3) is 6.21. The van der Waals surface area contributed by atoms with Crippen molar-refractivity contribution in [3.63, 3.8) is 0 Å². The molecule has 0 saturated heterocycles. The van der Waals surface area contributed by atoms with Crippen molar-refractivity contribution in [3.05, 3.63) is 35.9 Å². The van der Waals surface area contributed by atoms with Crippen molar-refractivity contribution >= 4 is 5.97 Å². The van der Waals surface area contributed by atoms with Crippen LogP contribution in [-0.4, -0.2) is 23.5 Å². The van der Waals surface area contributed by atoms with E-state index in [-0.39, 0.29) is 5.41 Å². The van der Waals surface area contributed by atoms with E-state index in [0.29, 0.717) is 18.4 Å². The first kappa shape index (κ1) is 17.6. The SMILES string of the molecule is CC(C)(C)CC[C@H](N[C@@H](c1ccccc1)C(F)F)C(=O)O. The van der Waals surface area contributed by atoms with Gasteiger partial charge in [0.15, 0.2) is 0 Å². The number of nitrogens with one attached hydrogen (secondary N) is 1. The van der Waals surface area contributed by atoms with Crippen molar-refractivity contribution in [3.8, 4) is 0 Å². The highest BCUT2D eigenvalue weighted by atomic mass is 19.3. The van der Waals surface area contributed by atoms with Crippen LogP contribution in [0.15, 0.2) is 30.3 Å². The van der Waals surface area contributed by atoms with E-state index in [0.717, 1.165) is 0 Å². The molecule has 2 N–H and O–H groups in total. The Morgan fingerprint density at radius 2 is 1.81 bits per heavy atom. The predicted octanol–water partition coefficient (Wildman–Crippen LogP) is 3.86. The highest BCUT2D eigenvalue weighted by Gasteiger charge is 2.29. The molecule has 0 fully saturated rings. The number of hydrogen-bond acceptors (Lipinski definition) is 2. The van der Waals surface area contributed by atoms with Crippen LogP contribution in [0.1, 0.15) is 45.2 Å². The lowest BCUT2D eigenvalue weighted by molar-refractivity contribution is -0.140. The van der Waals surface area contributed by atoms with Crippen molar-refractivity contribution in [2.75, 3.05) is 0 Å². The Morgan fingerprint density at radius 3 is 2.24 bits per heavy atom. The van der Waals surface area contributed by atoms with Gasteiger partial charge in [0.25, 0.3) is 6.43 Å². The van der Waals surface area contributed by atoms with Crippen LogP contribution in [0.25, 0.3) is 0 Å². The molecular weight excluding hydrogens is 276 g/mol. The smallest absolute Gasteiger partial charge is 0.320 e. The van der Waals surface area contributed by atoms with E-state index >= 15 is 0 Å². The number of carboxylic acid groups (broad SMARTS) is 1. The average molecular weight is 299 g/mol. The maximum atomic E-state index is 13.2. The van der Waals surface area contributed by atoms with Crippen LogP contribution in [0, 0.1) is 5.41 Å². The monoisotopic (exact) mass is 299 g/mol. The zero-order valence-corrected chi connectivity index (χ0v) is 12.6. The summed E-state index contributed by atoms with van der Waals surface area (Å²) in [5.74, 6) is -1.10. The number of hydrogen-bond donors (Lipinski definition) is 2. The van der Waals surface area contributed by atoms with Gasteiger partial charge in [-0.25, -0.2) is 8.78 Å². The first-order chi connectivity index (χ1) is 9.70. The van der Waals surface area contributed by atoms with Crippen LogP contribution >= 0.6 is 0 Å². The minimum Gasteiger partial charge on any atom is -0.480 e. The molecule has 0 unspecified atom stereocenters. The van der Waals surface area contributed by atoms with Gasteiger partial charge in [-0.15, -0.1) is 0 Å². The van der Waals surface area contributed by atoms with Crippen molar-refractivity contribution in [2.24, 2.45) is 5.41 Å². The van der Waals surface area contributed by atoms with Crippen molar-refractivity contribution < 1.29 is 18.7 Å². The number of carbonyl (C=O) groups is 1. The number of aliphatic carboxylic acids is 1. The van der Waals surface area contributed by atoms with Gasteiger partial charge in [-0.2, -0.15) is 0 Å². The molecule has 0 aliphatic rings. The normalized spacial score (nSPS) is 15.0. The van der Waals surface area contributed by atoms with Crippen molar-refractivity contribution in [1.82, 2.24) is 5.32 Å². The zero-order chi connectivity index (χ0) is 16.0. The molecule has 21 heavy (non-hydrogen) atoms. The van der Waals surface area contributed by atoms with E-state index in [4.69, 9.17) is 0 Å². The Bertz CT molecular complexity index is 443. The summed E-state index contributed by atoms with van der Waals surface area (Å²) in [6, 6.07) is 5.96. The number of rotatable bonds is 7. The summed E-state index contributed by atoms with van der Waals surface area (Å²) in [4.78, 5) is 11.3. The standard InChI is InChI=1S/C16H23F2NO2/c1-16(2,3)10-9-12(15(20)21)19-13(14(17)18)11-7-5-4-6-8-11/h4-8,12-14,19H,9-10H2,1-3H3,(H,20,21)/t12-,13-/m0/s1.